The van der Waals surface area contributed by atoms with E-state index >= 15 is 0 Å². The van der Waals surface area contributed by atoms with Gasteiger partial charge in [-0.1, -0.05) is 19.3 Å². The highest BCUT2D eigenvalue weighted by Gasteiger charge is 2.48. The highest BCUT2D eigenvalue weighted by Crippen LogP contribution is 2.40. The van der Waals surface area contributed by atoms with Gasteiger partial charge in [0, 0.05) is 26.2 Å². The Bertz CT molecular complexity index is 411. The Kier molecular flexibility index (Phi) is 6.53. The van der Waals surface area contributed by atoms with Gasteiger partial charge in [-0.2, -0.15) is 0 Å². The van der Waals surface area contributed by atoms with Crippen LogP contribution >= 0.6 is 0 Å². The molecule has 3 fully saturated rings. The topological polar surface area (TPSA) is 53.0 Å². The summed E-state index contributed by atoms with van der Waals surface area (Å²) in [5.74, 6) is 1.17. The molecule has 0 bridgehead atoms. The van der Waals surface area contributed by atoms with Gasteiger partial charge in [0.05, 0.1) is 25.2 Å². The highest BCUT2D eigenvalue weighted by molar-refractivity contribution is 5.84. The van der Waals surface area contributed by atoms with Gasteiger partial charge >= 0.3 is 0 Å². The largest absolute Gasteiger partial charge is 0.394 e. The number of aliphatic hydroxyl groups is 1. The molecule has 1 amide bonds. The third-order valence-electron chi connectivity index (χ3n) is 6.25. The Morgan fingerprint density at radius 2 is 1.92 bits per heavy atom. The Hall–Kier alpha value is -0.650. The number of rotatable bonds is 7. The van der Waals surface area contributed by atoms with Crippen LogP contribution in [0.25, 0.3) is 0 Å². The number of ether oxygens (including phenoxy) is 1. The number of nitrogens with zero attached hydrogens (tertiary/aromatic N) is 2. The van der Waals surface area contributed by atoms with Crippen molar-refractivity contribution in [2.45, 2.75) is 51.4 Å². The first kappa shape index (κ1) is 18.2. The van der Waals surface area contributed by atoms with Crippen molar-refractivity contribution >= 4 is 5.91 Å². The minimum atomic E-state index is -0.121. The van der Waals surface area contributed by atoms with E-state index in [-0.39, 0.29) is 12.0 Å². The second-order valence-corrected chi connectivity index (χ2v) is 8.00. The fourth-order valence-electron chi connectivity index (χ4n) is 4.90. The van der Waals surface area contributed by atoms with Crippen LogP contribution in [0.15, 0.2) is 0 Å². The van der Waals surface area contributed by atoms with Crippen LogP contribution in [0.1, 0.15) is 51.4 Å². The van der Waals surface area contributed by atoms with E-state index in [0.29, 0.717) is 19.1 Å². The molecule has 138 valence electrons. The molecule has 2 heterocycles. The maximum Gasteiger partial charge on any atom is 0.230 e. The molecular formula is C19H34N2O3. The summed E-state index contributed by atoms with van der Waals surface area (Å²) in [6.45, 7) is 5.89. The molecule has 1 saturated carbocycles. The van der Waals surface area contributed by atoms with E-state index in [2.05, 4.69) is 9.80 Å². The second-order valence-electron chi connectivity index (χ2n) is 8.00. The molecule has 5 nitrogen and oxygen atoms in total. The lowest BCUT2D eigenvalue weighted by atomic mass is 9.77. The number of carbonyl (C=O) groups excluding carboxylic acids is 1. The van der Waals surface area contributed by atoms with Crippen LogP contribution in [0.3, 0.4) is 0 Å². The summed E-state index contributed by atoms with van der Waals surface area (Å²) in [7, 11) is 0. The summed E-state index contributed by atoms with van der Waals surface area (Å²) >= 11 is 0. The average Bonchev–Trinajstić information content (AvgIpc) is 3.01. The molecule has 5 heteroatoms. The van der Waals surface area contributed by atoms with E-state index in [9.17, 15) is 4.79 Å². The van der Waals surface area contributed by atoms with E-state index in [1.807, 2.05) is 0 Å². The van der Waals surface area contributed by atoms with Crippen molar-refractivity contribution in [2.75, 3.05) is 52.5 Å². The predicted molar refractivity (Wildman–Crippen MR) is 93.8 cm³/mol. The maximum absolute atomic E-state index is 13.2. The van der Waals surface area contributed by atoms with Gasteiger partial charge in [-0.3, -0.25) is 9.69 Å². The summed E-state index contributed by atoms with van der Waals surface area (Å²) in [4.78, 5) is 17.8. The van der Waals surface area contributed by atoms with E-state index in [4.69, 9.17) is 9.84 Å². The molecule has 0 aromatic heterocycles. The summed E-state index contributed by atoms with van der Waals surface area (Å²) in [6, 6.07) is 0. The number of amides is 1. The molecular weight excluding hydrogens is 304 g/mol. The normalized spacial score (nSPS) is 29.7. The van der Waals surface area contributed by atoms with E-state index < -0.39 is 0 Å². The van der Waals surface area contributed by atoms with E-state index in [0.717, 1.165) is 57.9 Å². The molecule has 2 saturated heterocycles. The summed E-state index contributed by atoms with van der Waals surface area (Å²) < 4.78 is 5.38. The first-order valence-corrected chi connectivity index (χ1v) is 9.94. The lowest BCUT2D eigenvalue weighted by molar-refractivity contribution is -0.146. The van der Waals surface area contributed by atoms with Crippen molar-refractivity contribution in [3.63, 3.8) is 0 Å². The summed E-state index contributed by atoms with van der Waals surface area (Å²) in [6.07, 6.45) is 9.91. The van der Waals surface area contributed by atoms with E-state index in [1.54, 1.807) is 0 Å². The molecule has 3 rings (SSSR count). The fourth-order valence-corrected chi connectivity index (χ4v) is 4.90. The van der Waals surface area contributed by atoms with Crippen molar-refractivity contribution in [2.24, 2.45) is 11.3 Å². The molecule has 0 aromatic rings. The highest BCUT2D eigenvalue weighted by atomic mass is 16.5. The van der Waals surface area contributed by atoms with Crippen LogP contribution < -0.4 is 0 Å². The van der Waals surface area contributed by atoms with Gasteiger partial charge in [-0.25, -0.2) is 0 Å². The van der Waals surface area contributed by atoms with Crippen LogP contribution in [0.4, 0.5) is 0 Å². The molecule has 2 aliphatic heterocycles. The lowest BCUT2D eigenvalue weighted by Gasteiger charge is -2.41. The van der Waals surface area contributed by atoms with Crippen molar-refractivity contribution < 1.29 is 14.6 Å². The van der Waals surface area contributed by atoms with Crippen molar-refractivity contribution in [1.82, 2.24) is 9.80 Å². The lowest BCUT2D eigenvalue weighted by Crippen LogP contribution is -2.51. The zero-order valence-electron chi connectivity index (χ0n) is 15.0. The molecule has 1 N–H and O–H groups in total. The number of likely N-dealkylation sites (tertiary alicyclic amines) is 2. The number of piperidine rings is 1. The minimum absolute atomic E-state index is 0.0819. The number of hydrogen-bond acceptors (Lipinski definition) is 4. The van der Waals surface area contributed by atoms with Crippen LogP contribution in [-0.2, 0) is 9.53 Å². The van der Waals surface area contributed by atoms with Gasteiger partial charge in [-0.15, -0.1) is 0 Å². The predicted octanol–water partition coefficient (Wildman–Crippen LogP) is 1.89. The minimum Gasteiger partial charge on any atom is -0.394 e. The summed E-state index contributed by atoms with van der Waals surface area (Å²) in [5.41, 5.74) is -0.121. The van der Waals surface area contributed by atoms with Crippen LogP contribution in [-0.4, -0.2) is 73.4 Å². The first-order valence-electron chi connectivity index (χ1n) is 9.94. The molecule has 24 heavy (non-hydrogen) atoms. The summed E-state index contributed by atoms with van der Waals surface area (Å²) in [5, 5.41) is 8.77. The maximum atomic E-state index is 13.2. The molecule has 1 aliphatic carbocycles. The zero-order valence-corrected chi connectivity index (χ0v) is 15.0. The van der Waals surface area contributed by atoms with Gasteiger partial charge in [0.25, 0.3) is 0 Å². The van der Waals surface area contributed by atoms with Gasteiger partial charge in [-0.05, 0) is 44.6 Å². The Balaban J connectivity index is 1.50. The van der Waals surface area contributed by atoms with Crippen molar-refractivity contribution in [3.05, 3.63) is 0 Å². The van der Waals surface area contributed by atoms with Crippen LogP contribution in [0, 0.1) is 11.3 Å². The molecule has 0 radical (unpaired) electrons. The number of aliphatic hydroxyl groups excluding tert-OH is 1. The van der Waals surface area contributed by atoms with Crippen LogP contribution in [0.5, 0.6) is 0 Å². The van der Waals surface area contributed by atoms with Crippen LogP contribution in [0.2, 0.25) is 0 Å². The molecule has 0 aromatic carbocycles. The Morgan fingerprint density at radius 3 is 2.71 bits per heavy atom. The smallest absolute Gasteiger partial charge is 0.230 e. The third kappa shape index (κ3) is 4.30. The van der Waals surface area contributed by atoms with Gasteiger partial charge in [0.2, 0.25) is 5.91 Å². The van der Waals surface area contributed by atoms with Gasteiger partial charge in [0.1, 0.15) is 0 Å². The van der Waals surface area contributed by atoms with Crippen molar-refractivity contribution in [3.8, 4) is 0 Å². The van der Waals surface area contributed by atoms with Gasteiger partial charge in [0.15, 0.2) is 0 Å². The second kappa shape index (κ2) is 8.63. The van der Waals surface area contributed by atoms with E-state index in [1.165, 1.54) is 32.1 Å². The Labute approximate surface area is 146 Å². The first-order chi connectivity index (χ1) is 11.7. The van der Waals surface area contributed by atoms with Gasteiger partial charge < -0.3 is 14.7 Å². The number of carbonyl (C=O) groups is 1. The quantitative estimate of drug-likeness (QED) is 0.720. The SMILES string of the molecule is O=C1N(CC2CCCCC2)CCC[C@@]12CCN(CCOCCO)C2. The molecule has 1 spiro atoms. The van der Waals surface area contributed by atoms with Crippen molar-refractivity contribution in [1.29, 1.82) is 0 Å². The Morgan fingerprint density at radius 1 is 1.08 bits per heavy atom. The average molecular weight is 338 g/mol. The number of hydrogen-bond donors (Lipinski definition) is 1. The monoisotopic (exact) mass is 338 g/mol. The zero-order chi connectivity index (χ0) is 16.8. The molecule has 0 unspecified atom stereocenters. The third-order valence-corrected chi connectivity index (χ3v) is 6.25. The fraction of sp³-hybridized carbons (Fsp3) is 0.947. The molecule has 1 atom stereocenters. The molecule has 3 aliphatic rings. The standard InChI is InChI=1S/C19H34N2O3/c22-12-14-24-13-11-20-10-8-19(16-20)7-4-9-21(18(19)23)15-17-5-2-1-3-6-17/h17,22H,1-16H2/t19-/m0/s1.